The normalized spacial score (nSPS) is 26.1. The molecule has 1 heterocycles. The Morgan fingerprint density at radius 1 is 1.39 bits per heavy atom. The van der Waals surface area contributed by atoms with Crippen LogP contribution >= 0.6 is 15.9 Å². The van der Waals surface area contributed by atoms with Crippen LogP contribution in [0, 0.1) is 5.41 Å². The van der Waals surface area contributed by atoms with Crippen molar-refractivity contribution in [3.8, 4) is 0 Å². The zero-order chi connectivity index (χ0) is 13.4. The summed E-state index contributed by atoms with van der Waals surface area (Å²) in [5, 5.41) is 9.37. The number of carboxylic acid groups (broad SMARTS) is 1. The summed E-state index contributed by atoms with van der Waals surface area (Å²) < 4.78 is 23.9. The van der Waals surface area contributed by atoms with Crippen molar-refractivity contribution in [1.82, 2.24) is 0 Å². The lowest BCUT2D eigenvalue weighted by atomic mass is 9.81. The van der Waals surface area contributed by atoms with Crippen LogP contribution in [0.25, 0.3) is 0 Å². The molecule has 0 aliphatic carbocycles. The van der Waals surface area contributed by atoms with Gasteiger partial charge in [-0.15, -0.1) is 0 Å². The average Bonchev–Trinajstić information content (AvgIpc) is 2.59. The summed E-state index contributed by atoms with van der Waals surface area (Å²) in [7, 11) is -3.23. The van der Waals surface area contributed by atoms with Crippen molar-refractivity contribution in [2.45, 2.75) is 12.8 Å². The van der Waals surface area contributed by atoms with Crippen LogP contribution in [0.1, 0.15) is 12.0 Å². The standard InChI is InChI=1S/C12H13BrO4S/c13-10-4-2-1-3-9(10)7-12(11(14)15)5-6-18(16,17)8-12/h1-4H,5-8H2,(H,14,15). The van der Waals surface area contributed by atoms with E-state index in [0.29, 0.717) is 0 Å². The van der Waals surface area contributed by atoms with E-state index in [1.165, 1.54) is 0 Å². The molecular formula is C12H13BrO4S. The van der Waals surface area contributed by atoms with Crippen LogP contribution in [0.3, 0.4) is 0 Å². The van der Waals surface area contributed by atoms with E-state index in [2.05, 4.69) is 15.9 Å². The first-order chi connectivity index (χ1) is 8.35. The summed E-state index contributed by atoms with van der Waals surface area (Å²) in [5.74, 6) is -1.33. The van der Waals surface area contributed by atoms with Gasteiger partial charge < -0.3 is 5.11 Å². The van der Waals surface area contributed by atoms with Crippen LogP contribution in [-0.4, -0.2) is 31.0 Å². The molecule has 98 valence electrons. The summed E-state index contributed by atoms with van der Waals surface area (Å²) in [6, 6.07) is 7.31. The minimum atomic E-state index is -3.23. The van der Waals surface area contributed by atoms with Crippen molar-refractivity contribution >= 4 is 31.7 Å². The molecule has 1 saturated heterocycles. The Morgan fingerprint density at radius 2 is 2.06 bits per heavy atom. The molecular weight excluding hydrogens is 320 g/mol. The molecule has 0 aromatic heterocycles. The first-order valence-corrected chi connectivity index (χ1v) is 8.13. The second kappa shape index (κ2) is 4.66. The molecule has 1 N–H and O–H groups in total. The number of rotatable bonds is 3. The van der Waals surface area contributed by atoms with Gasteiger partial charge in [0.2, 0.25) is 0 Å². The van der Waals surface area contributed by atoms with Crippen molar-refractivity contribution in [3.05, 3.63) is 34.3 Å². The summed E-state index contributed by atoms with van der Waals surface area (Å²) in [5.41, 5.74) is -0.347. The van der Waals surface area contributed by atoms with Gasteiger partial charge in [-0.2, -0.15) is 0 Å². The number of hydrogen-bond acceptors (Lipinski definition) is 3. The maximum Gasteiger partial charge on any atom is 0.311 e. The van der Waals surface area contributed by atoms with Gasteiger partial charge in [-0.05, 0) is 24.5 Å². The summed E-state index contributed by atoms with van der Waals surface area (Å²) in [6.45, 7) is 0. The predicted octanol–water partition coefficient (Wildman–Crippen LogP) is 1.88. The van der Waals surface area contributed by atoms with E-state index in [1.54, 1.807) is 0 Å². The molecule has 1 atom stereocenters. The van der Waals surface area contributed by atoms with Crippen molar-refractivity contribution in [2.75, 3.05) is 11.5 Å². The molecule has 1 aliphatic rings. The highest BCUT2D eigenvalue weighted by Gasteiger charge is 2.48. The minimum absolute atomic E-state index is 0.0379. The fourth-order valence-corrected chi connectivity index (χ4v) is 4.79. The Balaban J connectivity index is 2.35. The fraction of sp³-hybridized carbons (Fsp3) is 0.417. The molecule has 0 bridgehead atoms. The van der Waals surface area contributed by atoms with Crippen molar-refractivity contribution in [2.24, 2.45) is 5.41 Å². The lowest BCUT2D eigenvalue weighted by Crippen LogP contribution is -2.34. The molecule has 6 heteroatoms. The van der Waals surface area contributed by atoms with Gasteiger partial charge in [-0.3, -0.25) is 4.79 Å². The molecule has 1 aromatic carbocycles. The van der Waals surface area contributed by atoms with E-state index in [9.17, 15) is 18.3 Å². The highest BCUT2D eigenvalue weighted by Crippen LogP contribution is 2.37. The zero-order valence-corrected chi connectivity index (χ0v) is 12.0. The van der Waals surface area contributed by atoms with Gasteiger partial charge in [-0.1, -0.05) is 34.1 Å². The topological polar surface area (TPSA) is 71.4 Å². The van der Waals surface area contributed by atoms with Crippen LogP contribution in [-0.2, 0) is 21.1 Å². The lowest BCUT2D eigenvalue weighted by molar-refractivity contribution is -0.147. The SMILES string of the molecule is O=C(O)C1(Cc2ccccc2Br)CCS(=O)(=O)C1. The molecule has 4 nitrogen and oxygen atoms in total. The van der Waals surface area contributed by atoms with Crippen LogP contribution in [0.5, 0.6) is 0 Å². The number of carboxylic acids is 1. The average molecular weight is 333 g/mol. The number of aliphatic carboxylic acids is 1. The fourth-order valence-electron chi connectivity index (χ4n) is 2.31. The molecule has 18 heavy (non-hydrogen) atoms. The molecule has 1 aliphatic heterocycles. The number of carbonyl (C=O) groups is 1. The van der Waals surface area contributed by atoms with Gasteiger partial charge >= 0.3 is 5.97 Å². The molecule has 0 amide bonds. The maximum absolute atomic E-state index is 11.6. The van der Waals surface area contributed by atoms with Crippen LogP contribution in [0.2, 0.25) is 0 Å². The molecule has 1 unspecified atom stereocenters. The second-order valence-electron chi connectivity index (χ2n) is 4.70. The van der Waals surface area contributed by atoms with Gasteiger partial charge in [0.1, 0.15) is 0 Å². The van der Waals surface area contributed by atoms with Crippen molar-refractivity contribution in [3.63, 3.8) is 0 Å². The van der Waals surface area contributed by atoms with Crippen LogP contribution < -0.4 is 0 Å². The number of hydrogen-bond donors (Lipinski definition) is 1. The third-order valence-corrected chi connectivity index (χ3v) is 5.92. The monoisotopic (exact) mass is 332 g/mol. The van der Waals surface area contributed by atoms with E-state index >= 15 is 0 Å². The number of benzene rings is 1. The van der Waals surface area contributed by atoms with Crippen molar-refractivity contribution in [1.29, 1.82) is 0 Å². The summed E-state index contributed by atoms with van der Waals surface area (Å²) in [4.78, 5) is 11.4. The lowest BCUT2D eigenvalue weighted by Gasteiger charge is -2.22. The van der Waals surface area contributed by atoms with Gasteiger partial charge in [0.15, 0.2) is 9.84 Å². The van der Waals surface area contributed by atoms with Gasteiger partial charge in [0.25, 0.3) is 0 Å². The van der Waals surface area contributed by atoms with Crippen LogP contribution in [0.4, 0.5) is 0 Å². The Labute approximate surface area is 114 Å². The molecule has 1 fully saturated rings. The maximum atomic E-state index is 11.6. The minimum Gasteiger partial charge on any atom is -0.481 e. The largest absolute Gasteiger partial charge is 0.481 e. The van der Waals surface area contributed by atoms with E-state index in [-0.39, 0.29) is 24.3 Å². The summed E-state index contributed by atoms with van der Waals surface area (Å²) >= 11 is 3.36. The molecule has 2 rings (SSSR count). The molecule has 0 spiro atoms. The van der Waals surface area contributed by atoms with Gasteiger partial charge in [0, 0.05) is 4.47 Å². The summed E-state index contributed by atoms with van der Waals surface area (Å²) in [6.07, 6.45) is 0.426. The van der Waals surface area contributed by atoms with Gasteiger partial charge in [-0.25, -0.2) is 8.42 Å². The Morgan fingerprint density at radius 3 is 2.56 bits per heavy atom. The van der Waals surface area contributed by atoms with E-state index < -0.39 is 21.2 Å². The molecule has 0 radical (unpaired) electrons. The zero-order valence-electron chi connectivity index (χ0n) is 9.60. The third kappa shape index (κ3) is 2.59. The quantitative estimate of drug-likeness (QED) is 0.917. The smallest absolute Gasteiger partial charge is 0.311 e. The Kier molecular flexibility index (Phi) is 3.51. The number of halogens is 1. The van der Waals surface area contributed by atoms with E-state index in [0.717, 1.165) is 10.0 Å². The number of sulfone groups is 1. The first-order valence-electron chi connectivity index (χ1n) is 5.52. The van der Waals surface area contributed by atoms with Crippen LogP contribution in [0.15, 0.2) is 28.7 Å². The third-order valence-electron chi connectivity index (χ3n) is 3.33. The van der Waals surface area contributed by atoms with Gasteiger partial charge in [0.05, 0.1) is 16.9 Å². The molecule has 0 saturated carbocycles. The Bertz CT molecular complexity index is 581. The van der Waals surface area contributed by atoms with Crippen molar-refractivity contribution < 1.29 is 18.3 Å². The van der Waals surface area contributed by atoms with E-state index in [4.69, 9.17) is 0 Å². The predicted molar refractivity (Wildman–Crippen MR) is 71.2 cm³/mol. The highest BCUT2D eigenvalue weighted by atomic mass is 79.9. The highest BCUT2D eigenvalue weighted by molar-refractivity contribution is 9.10. The Hall–Kier alpha value is -0.880. The second-order valence-corrected chi connectivity index (χ2v) is 7.73. The first kappa shape index (κ1) is 13.5. The van der Waals surface area contributed by atoms with E-state index in [1.807, 2.05) is 24.3 Å². The molecule has 1 aromatic rings.